The Hall–Kier alpha value is -2.77. The van der Waals surface area contributed by atoms with Crippen LogP contribution >= 0.6 is 0 Å². The molecule has 1 N–H and O–H groups in total. The van der Waals surface area contributed by atoms with Crippen molar-refractivity contribution in [2.45, 2.75) is 13.3 Å². The van der Waals surface area contributed by atoms with Gasteiger partial charge in [0.15, 0.2) is 0 Å². The number of ether oxygens (including phenoxy) is 1. The van der Waals surface area contributed by atoms with Gasteiger partial charge in [-0.2, -0.15) is 0 Å². The number of nitrogens with zero attached hydrogens (tertiary/aromatic N) is 2. The van der Waals surface area contributed by atoms with Gasteiger partial charge in [-0.25, -0.2) is 0 Å². The third-order valence-corrected chi connectivity index (χ3v) is 5.21. The number of morpholine rings is 1. The van der Waals surface area contributed by atoms with Crippen molar-refractivity contribution in [3.63, 3.8) is 0 Å². The topological polar surface area (TPSA) is 79.0 Å². The highest BCUT2D eigenvalue weighted by atomic mass is 16.5. The van der Waals surface area contributed by atoms with Crippen LogP contribution in [-0.4, -0.2) is 66.9 Å². The number of imide groups is 1. The summed E-state index contributed by atoms with van der Waals surface area (Å²) in [6.07, 6.45) is 0.716. The first-order chi connectivity index (χ1) is 13.5. The summed E-state index contributed by atoms with van der Waals surface area (Å²) < 4.78 is 5.35. The molecule has 7 nitrogen and oxygen atoms in total. The van der Waals surface area contributed by atoms with Crippen LogP contribution in [0.3, 0.4) is 0 Å². The largest absolute Gasteiger partial charge is 0.379 e. The first kappa shape index (κ1) is 18.6. The number of nitrogens with one attached hydrogen (secondary N) is 1. The highest BCUT2D eigenvalue weighted by Crippen LogP contribution is 2.32. The molecular formula is C21H23N3O4. The lowest BCUT2D eigenvalue weighted by Crippen LogP contribution is -2.43. The Morgan fingerprint density at radius 3 is 2.57 bits per heavy atom. The van der Waals surface area contributed by atoms with Crippen LogP contribution in [0.25, 0.3) is 10.8 Å². The summed E-state index contributed by atoms with van der Waals surface area (Å²) in [6, 6.07) is 8.86. The van der Waals surface area contributed by atoms with Gasteiger partial charge in [-0.05, 0) is 30.0 Å². The zero-order chi connectivity index (χ0) is 19.7. The van der Waals surface area contributed by atoms with Gasteiger partial charge in [0.1, 0.15) is 0 Å². The van der Waals surface area contributed by atoms with E-state index in [0.29, 0.717) is 35.2 Å². The Kier molecular flexibility index (Phi) is 5.11. The molecule has 0 radical (unpaired) electrons. The van der Waals surface area contributed by atoms with Gasteiger partial charge in [0, 0.05) is 49.7 Å². The van der Waals surface area contributed by atoms with Gasteiger partial charge in [-0.3, -0.25) is 24.2 Å². The monoisotopic (exact) mass is 381 g/mol. The molecule has 4 rings (SSSR count). The summed E-state index contributed by atoms with van der Waals surface area (Å²) in [5.41, 5.74) is 1.55. The SMILES string of the molecule is CC(=O)Nc1cc2c3c(cccc3c1)C(=O)N(CCCN1CCOCC1)C2=O. The van der Waals surface area contributed by atoms with Gasteiger partial charge in [0.05, 0.1) is 18.8 Å². The van der Waals surface area contributed by atoms with E-state index in [1.807, 2.05) is 6.07 Å². The lowest BCUT2D eigenvalue weighted by molar-refractivity contribution is -0.114. The molecule has 28 heavy (non-hydrogen) atoms. The van der Waals surface area contributed by atoms with E-state index < -0.39 is 0 Å². The summed E-state index contributed by atoms with van der Waals surface area (Å²) in [5, 5.41) is 4.17. The van der Waals surface area contributed by atoms with E-state index >= 15 is 0 Å². The molecule has 0 unspecified atom stereocenters. The summed E-state index contributed by atoms with van der Waals surface area (Å²) in [4.78, 5) is 41.1. The summed E-state index contributed by atoms with van der Waals surface area (Å²) >= 11 is 0. The predicted octanol–water partition coefficient (Wildman–Crippen LogP) is 2.12. The second-order valence-corrected chi connectivity index (χ2v) is 7.18. The van der Waals surface area contributed by atoms with Crippen LogP contribution in [0, 0.1) is 0 Å². The maximum atomic E-state index is 13.1. The molecule has 0 bridgehead atoms. The zero-order valence-corrected chi connectivity index (χ0v) is 15.9. The number of hydrogen-bond donors (Lipinski definition) is 1. The molecule has 146 valence electrons. The highest BCUT2D eigenvalue weighted by molar-refractivity contribution is 6.26. The molecule has 0 aliphatic carbocycles. The van der Waals surface area contributed by atoms with Crippen molar-refractivity contribution in [2.24, 2.45) is 0 Å². The standard InChI is InChI=1S/C21H23N3O4/c1-14(25)22-16-12-15-4-2-5-17-19(15)18(13-16)21(27)24(20(17)26)7-3-6-23-8-10-28-11-9-23/h2,4-5,12-13H,3,6-11H2,1H3,(H,22,25). The van der Waals surface area contributed by atoms with Crippen LogP contribution in [0.5, 0.6) is 0 Å². The Morgan fingerprint density at radius 1 is 1.07 bits per heavy atom. The van der Waals surface area contributed by atoms with Crippen LogP contribution in [0.2, 0.25) is 0 Å². The van der Waals surface area contributed by atoms with Crippen molar-refractivity contribution in [3.05, 3.63) is 41.5 Å². The Balaban J connectivity index is 1.59. The fourth-order valence-electron chi connectivity index (χ4n) is 3.91. The predicted molar refractivity (Wildman–Crippen MR) is 105 cm³/mol. The molecule has 0 spiro atoms. The molecular weight excluding hydrogens is 358 g/mol. The molecule has 1 saturated heterocycles. The van der Waals surface area contributed by atoms with Crippen LogP contribution in [0.15, 0.2) is 30.3 Å². The zero-order valence-electron chi connectivity index (χ0n) is 15.9. The second-order valence-electron chi connectivity index (χ2n) is 7.18. The van der Waals surface area contributed by atoms with E-state index in [-0.39, 0.29) is 17.7 Å². The average Bonchev–Trinajstić information content (AvgIpc) is 2.68. The molecule has 2 heterocycles. The van der Waals surface area contributed by atoms with Crippen LogP contribution < -0.4 is 5.32 Å². The van der Waals surface area contributed by atoms with E-state index in [9.17, 15) is 14.4 Å². The lowest BCUT2D eigenvalue weighted by atomic mass is 9.93. The summed E-state index contributed by atoms with van der Waals surface area (Å²) in [7, 11) is 0. The number of rotatable bonds is 5. The molecule has 2 aromatic rings. The van der Waals surface area contributed by atoms with E-state index in [1.165, 1.54) is 11.8 Å². The normalized spacial score (nSPS) is 17.2. The van der Waals surface area contributed by atoms with E-state index in [1.54, 1.807) is 24.3 Å². The van der Waals surface area contributed by atoms with Crippen LogP contribution in [-0.2, 0) is 9.53 Å². The Labute approximate surface area is 163 Å². The molecule has 0 aromatic heterocycles. The summed E-state index contributed by atoms with van der Waals surface area (Å²) in [6.45, 7) is 5.83. The molecule has 2 aliphatic rings. The fraction of sp³-hybridized carbons (Fsp3) is 0.381. The van der Waals surface area contributed by atoms with Crippen molar-refractivity contribution < 1.29 is 19.1 Å². The van der Waals surface area contributed by atoms with Gasteiger partial charge in [0.25, 0.3) is 11.8 Å². The molecule has 7 heteroatoms. The van der Waals surface area contributed by atoms with Crippen LogP contribution in [0.1, 0.15) is 34.1 Å². The average molecular weight is 381 g/mol. The quantitative estimate of drug-likeness (QED) is 0.803. The first-order valence-electron chi connectivity index (χ1n) is 9.55. The smallest absolute Gasteiger partial charge is 0.261 e. The van der Waals surface area contributed by atoms with Gasteiger partial charge in [-0.15, -0.1) is 0 Å². The van der Waals surface area contributed by atoms with E-state index in [2.05, 4.69) is 10.2 Å². The van der Waals surface area contributed by atoms with Crippen LogP contribution in [0.4, 0.5) is 5.69 Å². The minimum absolute atomic E-state index is 0.204. The number of anilines is 1. The maximum Gasteiger partial charge on any atom is 0.261 e. The van der Waals surface area contributed by atoms with Crippen molar-refractivity contribution >= 4 is 34.2 Å². The number of carbonyl (C=O) groups is 3. The summed E-state index contributed by atoms with van der Waals surface area (Å²) in [5.74, 6) is -0.760. The van der Waals surface area contributed by atoms with Crippen molar-refractivity contribution in [1.82, 2.24) is 9.80 Å². The molecule has 1 fully saturated rings. The third-order valence-electron chi connectivity index (χ3n) is 5.21. The molecule has 3 amide bonds. The molecule has 0 atom stereocenters. The van der Waals surface area contributed by atoms with Crippen molar-refractivity contribution in [2.75, 3.05) is 44.7 Å². The maximum absolute atomic E-state index is 13.1. The Morgan fingerprint density at radius 2 is 1.82 bits per heavy atom. The minimum atomic E-state index is -0.303. The highest BCUT2D eigenvalue weighted by Gasteiger charge is 2.33. The first-order valence-corrected chi connectivity index (χ1v) is 9.55. The van der Waals surface area contributed by atoms with Gasteiger partial charge < -0.3 is 10.1 Å². The third kappa shape index (κ3) is 3.50. The van der Waals surface area contributed by atoms with Crippen molar-refractivity contribution in [1.29, 1.82) is 0 Å². The fourth-order valence-corrected chi connectivity index (χ4v) is 3.91. The number of carbonyl (C=O) groups excluding carboxylic acids is 3. The molecule has 0 saturated carbocycles. The van der Waals surface area contributed by atoms with Gasteiger partial charge in [-0.1, -0.05) is 12.1 Å². The number of amides is 3. The Bertz CT molecular complexity index is 950. The number of hydrogen-bond acceptors (Lipinski definition) is 5. The van der Waals surface area contributed by atoms with Gasteiger partial charge in [0.2, 0.25) is 5.91 Å². The minimum Gasteiger partial charge on any atom is -0.379 e. The van der Waals surface area contributed by atoms with E-state index in [4.69, 9.17) is 4.74 Å². The second kappa shape index (κ2) is 7.69. The van der Waals surface area contributed by atoms with Gasteiger partial charge >= 0.3 is 0 Å². The number of benzene rings is 2. The molecule has 2 aromatic carbocycles. The van der Waals surface area contributed by atoms with Crippen molar-refractivity contribution in [3.8, 4) is 0 Å². The molecule has 2 aliphatic heterocycles. The van der Waals surface area contributed by atoms with E-state index in [0.717, 1.165) is 38.2 Å². The lowest BCUT2D eigenvalue weighted by Gasteiger charge is -2.30.